The van der Waals surface area contributed by atoms with Crippen molar-refractivity contribution in [3.05, 3.63) is 60.2 Å². The maximum Gasteiger partial charge on any atom is 0.325 e. The molecular weight excluding hydrogens is 354 g/mol. The zero-order valence-corrected chi connectivity index (χ0v) is 15.8. The molecule has 0 spiro atoms. The summed E-state index contributed by atoms with van der Waals surface area (Å²) < 4.78 is 0. The van der Waals surface area contributed by atoms with Crippen molar-refractivity contribution >= 4 is 11.9 Å². The number of nitrogens with zero attached hydrogens (tertiary/aromatic N) is 3. The number of benzene rings is 1. The first kappa shape index (κ1) is 18.6. The third-order valence-electron chi connectivity index (χ3n) is 5.83. The van der Waals surface area contributed by atoms with Crippen LogP contribution in [0.5, 0.6) is 0 Å². The largest absolute Gasteiger partial charge is 0.325 e. The summed E-state index contributed by atoms with van der Waals surface area (Å²) in [6.45, 7) is 1.88. The molecule has 0 radical (unpaired) electrons. The summed E-state index contributed by atoms with van der Waals surface area (Å²) in [6.07, 6.45) is 7.84. The van der Waals surface area contributed by atoms with E-state index in [1.165, 1.54) is 10.5 Å². The molecule has 0 aliphatic carbocycles. The summed E-state index contributed by atoms with van der Waals surface area (Å²) in [5.41, 5.74) is 0.928. The highest BCUT2D eigenvalue weighted by Crippen LogP contribution is 2.36. The Balaban J connectivity index is 1.59. The van der Waals surface area contributed by atoms with Gasteiger partial charge >= 0.3 is 6.03 Å². The smallest absolute Gasteiger partial charge is 0.323 e. The standard InChI is InChI=1S/C21H25N5O2/c27-19-21(17-7-10-22-11-8-17,9-6-16-4-2-1-3-5-16)25-20(28)26(19)15-18-14-23-12-13-24-18/h1-5,12-14,17,22H,6-11,15H2,(H,25,28). The number of carbonyl (C=O) groups is 2. The third-order valence-corrected chi connectivity index (χ3v) is 5.83. The Labute approximate surface area is 164 Å². The first-order valence-corrected chi connectivity index (χ1v) is 9.83. The van der Waals surface area contributed by atoms with Gasteiger partial charge in [0.05, 0.1) is 18.4 Å². The van der Waals surface area contributed by atoms with E-state index >= 15 is 0 Å². The van der Waals surface area contributed by atoms with Gasteiger partial charge in [-0.15, -0.1) is 0 Å². The van der Waals surface area contributed by atoms with Gasteiger partial charge in [-0.2, -0.15) is 0 Å². The lowest BCUT2D eigenvalue weighted by atomic mass is 9.74. The molecule has 7 heteroatoms. The molecule has 4 rings (SSSR count). The fourth-order valence-corrected chi connectivity index (χ4v) is 4.31. The van der Waals surface area contributed by atoms with Crippen molar-refractivity contribution in [2.24, 2.45) is 5.92 Å². The van der Waals surface area contributed by atoms with Crippen LogP contribution >= 0.6 is 0 Å². The number of hydrogen-bond acceptors (Lipinski definition) is 5. The van der Waals surface area contributed by atoms with E-state index < -0.39 is 5.54 Å². The van der Waals surface area contributed by atoms with E-state index in [0.717, 1.165) is 32.4 Å². The first-order valence-electron chi connectivity index (χ1n) is 9.83. The van der Waals surface area contributed by atoms with Gasteiger partial charge in [0.15, 0.2) is 0 Å². The van der Waals surface area contributed by atoms with E-state index in [9.17, 15) is 9.59 Å². The lowest BCUT2D eigenvalue weighted by Crippen LogP contribution is -2.56. The molecule has 2 aromatic rings. The number of imide groups is 1. The monoisotopic (exact) mass is 379 g/mol. The summed E-state index contributed by atoms with van der Waals surface area (Å²) in [5, 5.41) is 6.44. The lowest BCUT2D eigenvalue weighted by Gasteiger charge is -2.38. The Kier molecular flexibility index (Phi) is 5.34. The van der Waals surface area contributed by atoms with Crippen LogP contribution in [0.3, 0.4) is 0 Å². The Morgan fingerprint density at radius 1 is 1.11 bits per heavy atom. The molecule has 146 valence electrons. The van der Waals surface area contributed by atoms with Gasteiger partial charge in [-0.25, -0.2) is 4.79 Å². The third kappa shape index (κ3) is 3.62. The van der Waals surface area contributed by atoms with E-state index in [0.29, 0.717) is 12.1 Å². The molecule has 2 aliphatic heterocycles. The minimum atomic E-state index is -0.850. The topological polar surface area (TPSA) is 87.2 Å². The quantitative estimate of drug-likeness (QED) is 0.749. The van der Waals surface area contributed by atoms with Crippen molar-refractivity contribution in [2.45, 2.75) is 37.8 Å². The highest BCUT2D eigenvalue weighted by molar-refractivity contribution is 6.07. The number of rotatable bonds is 6. The van der Waals surface area contributed by atoms with Gasteiger partial charge in [0, 0.05) is 12.4 Å². The normalized spacial score (nSPS) is 23.1. The molecule has 3 amide bonds. The van der Waals surface area contributed by atoms with Crippen molar-refractivity contribution < 1.29 is 9.59 Å². The number of urea groups is 1. The van der Waals surface area contributed by atoms with E-state index in [1.807, 2.05) is 18.2 Å². The minimum Gasteiger partial charge on any atom is -0.323 e. The van der Waals surface area contributed by atoms with E-state index in [1.54, 1.807) is 18.6 Å². The fraction of sp³-hybridized carbons (Fsp3) is 0.429. The summed E-state index contributed by atoms with van der Waals surface area (Å²) in [6, 6.07) is 9.78. The highest BCUT2D eigenvalue weighted by Gasteiger charge is 2.55. The summed E-state index contributed by atoms with van der Waals surface area (Å²) in [5.74, 6) is -0.00764. The van der Waals surface area contributed by atoms with Crippen LogP contribution in [0.1, 0.15) is 30.5 Å². The molecule has 2 aliphatic rings. The van der Waals surface area contributed by atoms with Crippen LogP contribution in [0.2, 0.25) is 0 Å². The van der Waals surface area contributed by atoms with Gasteiger partial charge in [0.1, 0.15) is 5.54 Å². The van der Waals surface area contributed by atoms with Crippen molar-refractivity contribution in [1.29, 1.82) is 0 Å². The summed E-state index contributed by atoms with van der Waals surface area (Å²) in [4.78, 5) is 35.9. The van der Waals surface area contributed by atoms with Crippen molar-refractivity contribution in [2.75, 3.05) is 13.1 Å². The maximum absolute atomic E-state index is 13.5. The van der Waals surface area contributed by atoms with Crippen molar-refractivity contribution in [3.63, 3.8) is 0 Å². The second-order valence-corrected chi connectivity index (χ2v) is 7.50. The molecule has 2 saturated heterocycles. The average Bonchev–Trinajstić information content (AvgIpc) is 2.99. The van der Waals surface area contributed by atoms with Gasteiger partial charge in [-0.05, 0) is 50.3 Å². The van der Waals surface area contributed by atoms with Crippen LogP contribution in [0.15, 0.2) is 48.9 Å². The fourth-order valence-electron chi connectivity index (χ4n) is 4.31. The molecule has 1 atom stereocenters. The summed E-state index contributed by atoms with van der Waals surface area (Å²) in [7, 11) is 0. The zero-order chi connectivity index (χ0) is 19.4. The molecule has 1 unspecified atom stereocenters. The molecule has 2 N–H and O–H groups in total. The number of piperidine rings is 1. The second-order valence-electron chi connectivity index (χ2n) is 7.50. The Morgan fingerprint density at radius 3 is 2.61 bits per heavy atom. The van der Waals surface area contributed by atoms with Gasteiger partial charge in [0.2, 0.25) is 0 Å². The second kappa shape index (κ2) is 8.06. The van der Waals surface area contributed by atoms with Gasteiger partial charge in [-0.1, -0.05) is 30.3 Å². The zero-order valence-electron chi connectivity index (χ0n) is 15.8. The SMILES string of the molecule is O=C1NC(CCc2ccccc2)(C2CCNCC2)C(=O)N1Cc1cnccn1. The maximum atomic E-state index is 13.5. The van der Waals surface area contributed by atoms with E-state index in [4.69, 9.17) is 0 Å². The Hall–Kier alpha value is -2.80. The number of amides is 3. The lowest BCUT2D eigenvalue weighted by molar-refractivity contribution is -0.134. The van der Waals surface area contributed by atoms with Crippen LogP contribution in [-0.4, -0.2) is 45.4 Å². The molecule has 1 aromatic carbocycles. The highest BCUT2D eigenvalue weighted by atomic mass is 16.2. The average molecular weight is 379 g/mol. The summed E-state index contributed by atoms with van der Waals surface area (Å²) >= 11 is 0. The number of carbonyl (C=O) groups excluding carboxylic acids is 2. The molecule has 1 aromatic heterocycles. The van der Waals surface area contributed by atoms with Crippen LogP contribution in [0, 0.1) is 5.92 Å². The van der Waals surface area contributed by atoms with Gasteiger partial charge in [-0.3, -0.25) is 19.7 Å². The number of aromatic nitrogens is 2. The molecule has 2 fully saturated rings. The van der Waals surface area contributed by atoms with Crippen LogP contribution in [-0.2, 0) is 17.8 Å². The van der Waals surface area contributed by atoms with Gasteiger partial charge in [0.25, 0.3) is 5.91 Å². The van der Waals surface area contributed by atoms with E-state index in [-0.39, 0.29) is 24.4 Å². The minimum absolute atomic E-state index is 0.126. The van der Waals surface area contributed by atoms with Crippen LogP contribution in [0.25, 0.3) is 0 Å². The van der Waals surface area contributed by atoms with Crippen LogP contribution < -0.4 is 10.6 Å². The molecule has 7 nitrogen and oxygen atoms in total. The number of hydrogen-bond donors (Lipinski definition) is 2. The molecular formula is C21H25N5O2. The predicted molar refractivity (Wildman–Crippen MR) is 104 cm³/mol. The van der Waals surface area contributed by atoms with E-state index in [2.05, 4.69) is 32.7 Å². The molecule has 0 bridgehead atoms. The van der Waals surface area contributed by atoms with Crippen molar-refractivity contribution in [3.8, 4) is 0 Å². The molecule has 3 heterocycles. The molecule has 28 heavy (non-hydrogen) atoms. The molecule has 0 saturated carbocycles. The number of nitrogens with one attached hydrogen (secondary N) is 2. The number of aryl methyl sites for hydroxylation is 1. The predicted octanol–water partition coefficient (Wildman–Crippen LogP) is 1.90. The Morgan fingerprint density at radius 2 is 1.89 bits per heavy atom. The van der Waals surface area contributed by atoms with Crippen molar-refractivity contribution in [1.82, 2.24) is 25.5 Å². The van der Waals surface area contributed by atoms with Crippen LogP contribution in [0.4, 0.5) is 4.79 Å². The first-order chi connectivity index (χ1) is 13.7. The van der Waals surface area contributed by atoms with Gasteiger partial charge < -0.3 is 10.6 Å². The Bertz CT molecular complexity index is 823.